The minimum Gasteiger partial charge on any atom is -0.476 e. The van der Waals surface area contributed by atoms with Crippen LogP contribution in [0, 0.1) is 0 Å². The summed E-state index contributed by atoms with van der Waals surface area (Å²) in [6.45, 7) is 0. The van der Waals surface area contributed by atoms with E-state index in [1.54, 1.807) is 60.7 Å². The van der Waals surface area contributed by atoms with Gasteiger partial charge in [-0.25, -0.2) is 4.98 Å². The third kappa shape index (κ3) is 6.01. The number of rotatable bonds is 5. The molecule has 0 aliphatic rings. The quantitative estimate of drug-likeness (QED) is 0.508. The van der Waals surface area contributed by atoms with Crippen LogP contribution in [0.1, 0.15) is 11.7 Å². The summed E-state index contributed by atoms with van der Waals surface area (Å²) in [6.07, 6.45) is 0.556. The molecule has 1 amide bonds. The van der Waals surface area contributed by atoms with E-state index in [0.29, 0.717) is 32.2 Å². The lowest BCUT2D eigenvalue weighted by atomic mass is 10.1. The molecule has 1 heterocycles. The van der Waals surface area contributed by atoms with Gasteiger partial charge >= 0.3 is 0 Å². The number of halogens is 4. The number of anilines is 1. The Labute approximate surface area is 177 Å². The molecule has 0 radical (unpaired) electrons. The van der Waals surface area contributed by atoms with Crippen LogP contribution in [0.5, 0.6) is 5.75 Å². The van der Waals surface area contributed by atoms with Gasteiger partial charge in [0.1, 0.15) is 11.6 Å². The van der Waals surface area contributed by atoms with Crippen LogP contribution < -0.4 is 10.1 Å². The first kappa shape index (κ1) is 21.3. The second-order valence-electron chi connectivity index (χ2n) is 5.35. The van der Waals surface area contributed by atoms with Gasteiger partial charge in [-0.05, 0) is 48.5 Å². The van der Waals surface area contributed by atoms with E-state index in [0.717, 1.165) is 0 Å². The van der Waals surface area contributed by atoms with Gasteiger partial charge in [-0.3, -0.25) is 4.79 Å². The Kier molecular flexibility index (Phi) is 7.75. The van der Waals surface area contributed by atoms with Crippen LogP contribution in [0.3, 0.4) is 0 Å². The van der Waals surface area contributed by atoms with E-state index >= 15 is 0 Å². The first-order valence-electron chi connectivity index (χ1n) is 7.61. The van der Waals surface area contributed by atoms with Crippen molar-refractivity contribution in [2.75, 3.05) is 5.32 Å². The number of ether oxygens (including phenoxy) is 1. The Bertz CT molecular complexity index is 885. The number of hydrogen-bond donors (Lipinski definition) is 1. The molecule has 1 aromatic heterocycles. The van der Waals surface area contributed by atoms with Gasteiger partial charge in [0.15, 0.2) is 0 Å². The molecule has 3 rings (SSSR count). The van der Waals surface area contributed by atoms with Crippen LogP contribution >= 0.6 is 47.2 Å². The molecule has 2 aromatic carbocycles. The molecule has 0 aliphatic heterocycles. The zero-order chi connectivity index (χ0) is 18.5. The first-order chi connectivity index (χ1) is 12.5. The molecule has 0 spiro atoms. The maximum atomic E-state index is 12.8. The average molecular weight is 444 g/mol. The van der Waals surface area contributed by atoms with E-state index in [9.17, 15) is 4.79 Å². The van der Waals surface area contributed by atoms with E-state index in [4.69, 9.17) is 39.5 Å². The van der Waals surface area contributed by atoms with Crippen LogP contribution in [0.4, 0.5) is 5.82 Å². The number of carbonyl (C=O) groups excluding carboxylic acids is 1. The molecule has 140 valence electrons. The Balaban J connectivity index is 0.00000261. The Morgan fingerprint density at radius 2 is 1.41 bits per heavy atom. The van der Waals surface area contributed by atoms with Crippen LogP contribution in [-0.4, -0.2) is 10.9 Å². The number of carbonyl (C=O) groups is 1. The predicted octanol–water partition coefficient (Wildman–Crippen LogP) is 6.22. The standard InChI is InChI=1S/C19H13Cl3N2O2.ClH/c20-13-3-1-12(2-4-13)18(26-16-8-5-14(21)6-9-16)19(25)24-17-10-7-15(22)11-23-17;/h1-11,18H,(H,23,24,25);1H. The molecule has 0 saturated carbocycles. The van der Waals surface area contributed by atoms with Gasteiger partial charge < -0.3 is 10.1 Å². The third-order valence-corrected chi connectivity index (χ3v) is 4.18. The van der Waals surface area contributed by atoms with Crippen LogP contribution in [0.15, 0.2) is 66.9 Å². The second kappa shape index (κ2) is 9.81. The van der Waals surface area contributed by atoms with Crippen molar-refractivity contribution in [3.63, 3.8) is 0 Å². The lowest BCUT2D eigenvalue weighted by molar-refractivity contribution is -0.123. The molecule has 27 heavy (non-hydrogen) atoms. The van der Waals surface area contributed by atoms with E-state index in [1.165, 1.54) is 6.20 Å². The average Bonchev–Trinajstić information content (AvgIpc) is 2.64. The van der Waals surface area contributed by atoms with Gasteiger partial charge in [0, 0.05) is 21.8 Å². The maximum Gasteiger partial charge on any atom is 0.271 e. The van der Waals surface area contributed by atoms with Crippen molar-refractivity contribution in [3.05, 3.63) is 87.5 Å². The number of hydrogen-bond acceptors (Lipinski definition) is 3. The maximum absolute atomic E-state index is 12.8. The topological polar surface area (TPSA) is 51.2 Å². The molecule has 3 aromatic rings. The molecule has 4 nitrogen and oxygen atoms in total. The molecular formula is C19H14Cl4N2O2. The molecule has 0 saturated heterocycles. The van der Waals surface area contributed by atoms with Gasteiger partial charge in [-0.15, -0.1) is 12.4 Å². The summed E-state index contributed by atoms with van der Waals surface area (Å²) < 4.78 is 5.89. The minimum absolute atomic E-state index is 0. The lowest BCUT2D eigenvalue weighted by Gasteiger charge is -2.19. The summed E-state index contributed by atoms with van der Waals surface area (Å²) in [4.78, 5) is 16.9. The van der Waals surface area contributed by atoms with Crippen molar-refractivity contribution < 1.29 is 9.53 Å². The summed E-state index contributed by atoms with van der Waals surface area (Å²) in [5.41, 5.74) is 0.649. The molecule has 1 atom stereocenters. The van der Waals surface area contributed by atoms with Crippen LogP contribution in [0.25, 0.3) is 0 Å². The largest absolute Gasteiger partial charge is 0.476 e. The highest BCUT2D eigenvalue weighted by Crippen LogP contribution is 2.26. The summed E-state index contributed by atoms with van der Waals surface area (Å²) in [5.74, 6) is 0.503. The molecule has 8 heteroatoms. The molecule has 0 fully saturated rings. The SMILES string of the molecule is Cl.O=C(Nc1ccc(Cl)cn1)C(Oc1ccc(Cl)cc1)c1ccc(Cl)cc1. The summed E-state index contributed by atoms with van der Waals surface area (Å²) in [5, 5.41) is 4.35. The zero-order valence-corrected chi connectivity index (χ0v) is 16.8. The normalized spacial score (nSPS) is 11.2. The minimum atomic E-state index is -0.897. The molecular weight excluding hydrogens is 430 g/mol. The van der Waals surface area contributed by atoms with Crippen molar-refractivity contribution in [2.24, 2.45) is 0 Å². The fourth-order valence-electron chi connectivity index (χ4n) is 2.20. The fraction of sp³-hybridized carbons (Fsp3) is 0.0526. The summed E-state index contributed by atoms with van der Waals surface area (Å²) in [7, 11) is 0. The highest BCUT2D eigenvalue weighted by Gasteiger charge is 2.23. The number of pyridine rings is 1. The number of benzene rings is 2. The molecule has 1 unspecified atom stereocenters. The van der Waals surface area contributed by atoms with Crippen molar-refractivity contribution in [2.45, 2.75) is 6.10 Å². The Morgan fingerprint density at radius 3 is 1.96 bits per heavy atom. The summed E-state index contributed by atoms with van der Waals surface area (Å²) in [6, 6.07) is 16.9. The number of nitrogens with zero attached hydrogens (tertiary/aromatic N) is 1. The first-order valence-corrected chi connectivity index (χ1v) is 8.75. The molecule has 1 N–H and O–H groups in total. The van der Waals surface area contributed by atoms with Crippen molar-refractivity contribution in [3.8, 4) is 5.75 Å². The monoisotopic (exact) mass is 442 g/mol. The highest BCUT2D eigenvalue weighted by molar-refractivity contribution is 6.31. The third-order valence-electron chi connectivity index (χ3n) is 3.46. The lowest BCUT2D eigenvalue weighted by Crippen LogP contribution is -2.26. The van der Waals surface area contributed by atoms with Gasteiger partial charge in [0.25, 0.3) is 5.91 Å². The van der Waals surface area contributed by atoms with Crippen molar-refractivity contribution >= 4 is 58.9 Å². The van der Waals surface area contributed by atoms with Gasteiger partial charge in [0.2, 0.25) is 6.10 Å². The van der Waals surface area contributed by atoms with Crippen molar-refractivity contribution in [1.82, 2.24) is 4.98 Å². The van der Waals surface area contributed by atoms with Crippen molar-refractivity contribution in [1.29, 1.82) is 0 Å². The Hall–Kier alpha value is -1.98. The smallest absolute Gasteiger partial charge is 0.271 e. The highest BCUT2D eigenvalue weighted by atomic mass is 35.5. The Morgan fingerprint density at radius 1 is 0.852 bits per heavy atom. The van der Waals surface area contributed by atoms with E-state index in [1.807, 2.05) is 0 Å². The fourth-order valence-corrected chi connectivity index (χ4v) is 2.57. The zero-order valence-electron chi connectivity index (χ0n) is 13.7. The van der Waals surface area contributed by atoms with E-state index in [-0.39, 0.29) is 18.3 Å². The van der Waals surface area contributed by atoms with Gasteiger partial charge in [0.05, 0.1) is 5.02 Å². The number of nitrogens with one attached hydrogen (secondary N) is 1. The van der Waals surface area contributed by atoms with Gasteiger partial charge in [-0.1, -0.05) is 46.9 Å². The second-order valence-corrected chi connectivity index (χ2v) is 6.66. The van der Waals surface area contributed by atoms with Gasteiger partial charge in [-0.2, -0.15) is 0 Å². The van der Waals surface area contributed by atoms with Crippen LogP contribution in [0.2, 0.25) is 15.1 Å². The van der Waals surface area contributed by atoms with Crippen LogP contribution in [-0.2, 0) is 4.79 Å². The van der Waals surface area contributed by atoms with E-state index < -0.39 is 6.10 Å². The predicted molar refractivity (Wildman–Crippen MR) is 111 cm³/mol. The number of amides is 1. The summed E-state index contributed by atoms with van der Waals surface area (Å²) >= 11 is 17.7. The number of aromatic nitrogens is 1. The molecule has 0 bridgehead atoms. The van der Waals surface area contributed by atoms with E-state index in [2.05, 4.69) is 10.3 Å². The molecule has 0 aliphatic carbocycles.